The molecule has 0 unspecified atom stereocenters. The molecular weight excluding hydrogens is 434 g/mol. The number of rotatable bonds is 7. The second kappa shape index (κ2) is 11.0. The third kappa shape index (κ3) is 5.85. The molecule has 0 saturated carbocycles. The molecule has 0 aliphatic carbocycles. The average molecular weight is 466 g/mol. The molecule has 2 aliphatic heterocycles. The van der Waals surface area contributed by atoms with Gasteiger partial charge >= 0.3 is 0 Å². The quantitative estimate of drug-likeness (QED) is 0.558. The van der Waals surface area contributed by atoms with Crippen molar-refractivity contribution in [3.8, 4) is 5.75 Å². The number of aliphatic imine (C=N–C) groups is 1. The molecule has 0 atom stereocenters. The van der Waals surface area contributed by atoms with Crippen molar-refractivity contribution in [3.63, 3.8) is 0 Å². The summed E-state index contributed by atoms with van der Waals surface area (Å²) in [7, 11) is 1.63. The monoisotopic (exact) mass is 465 g/mol. The smallest absolute Gasteiger partial charge is 0.283 e. The van der Waals surface area contributed by atoms with Crippen LogP contribution in [0, 0.1) is 0 Å². The van der Waals surface area contributed by atoms with Crippen LogP contribution < -0.4 is 9.64 Å². The van der Waals surface area contributed by atoms with E-state index in [4.69, 9.17) is 14.5 Å². The topological polar surface area (TPSA) is 54.4 Å². The minimum atomic E-state index is -0.120. The van der Waals surface area contributed by atoms with Crippen molar-refractivity contribution in [2.75, 3.05) is 50.6 Å². The number of methoxy groups -OCH3 is 1. The molecule has 1 saturated heterocycles. The number of nitrogens with zero attached hydrogens (tertiary/aromatic N) is 3. The molecule has 2 aromatic rings. The number of morpholine rings is 1. The molecular formula is C26H31N3O3S. The molecule has 6 nitrogen and oxygen atoms in total. The molecule has 0 aromatic heterocycles. The Morgan fingerprint density at radius 3 is 2.61 bits per heavy atom. The molecule has 174 valence electrons. The molecule has 0 radical (unpaired) electrons. The fraction of sp³-hybridized carbons (Fsp3) is 0.385. The second-order valence-corrected chi connectivity index (χ2v) is 9.45. The minimum absolute atomic E-state index is 0.120. The van der Waals surface area contributed by atoms with Crippen LogP contribution in [0.4, 0.5) is 5.69 Å². The SMILES string of the molecule is COc1cccc(N2C(=O)/C(=C/c3ccc(C(C)C)cc3)N=C2SCCN2CCOCC2)c1. The first-order chi connectivity index (χ1) is 16.0. The Hall–Kier alpha value is -2.61. The fourth-order valence-corrected chi connectivity index (χ4v) is 4.81. The zero-order valence-electron chi connectivity index (χ0n) is 19.5. The number of amides is 1. The summed E-state index contributed by atoms with van der Waals surface area (Å²) in [5.74, 6) is 1.91. The number of thioether (sulfide) groups is 1. The highest BCUT2D eigenvalue weighted by atomic mass is 32.2. The van der Waals surface area contributed by atoms with Crippen molar-refractivity contribution < 1.29 is 14.3 Å². The number of carbonyl (C=O) groups excluding carboxylic acids is 1. The van der Waals surface area contributed by atoms with Gasteiger partial charge in [-0.3, -0.25) is 14.6 Å². The number of carbonyl (C=O) groups is 1. The van der Waals surface area contributed by atoms with Crippen molar-refractivity contribution in [2.45, 2.75) is 19.8 Å². The summed E-state index contributed by atoms with van der Waals surface area (Å²) in [6, 6.07) is 15.9. The van der Waals surface area contributed by atoms with Crippen LogP contribution in [0.1, 0.15) is 30.9 Å². The van der Waals surface area contributed by atoms with Gasteiger partial charge in [-0.25, -0.2) is 4.99 Å². The minimum Gasteiger partial charge on any atom is -0.497 e. The summed E-state index contributed by atoms with van der Waals surface area (Å²) < 4.78 is 10.8. The number of ether oxygens (including phenoxy) is 2. The maximum atomic E-state index is 13.4. The van der Waals surface area contributed by atoms with Gasteiger partial charge in [-0.05, 0) is 35.3 Å². The Balaban J connectivity index is 1.57. The van der Waals surface area contributed by atoms with E-state index in [-0.39, 0.29) is 5.91 Å². The van der Waals surface area contributed by atoms with Crippen LogP contribution in [0.3, 0.4) is 0 Å². The maximum Gasteiger partial charge on any atom is 0.283 e. The summed E-state index contributed by atoms with van der Waals surface area (Å²) in [5, 5.41) is 0.701. The number of hydrogen-bond acceptors (Lipinski definition) is 6. The first-order valence-electron chi connectivity index (χ1n) is 11.4. The Morgan fingerprint density at radius 2 is 1.91 bits per heavy atom. The number of hydrogen-bond donors (Lipinski definition) is 0. The lowest BCUT2D eigenvalue weighted by atomic mass is 10.0. The van der Waals surface area contributed by atoms with E-state index in [1.165, 1.54) is 5.56 Å². The van der Waals surface area contributed by atoms with Gasteiger partial charge in [-0.15, -0.1) is 0 Å². The lowest BCUT2D eigenvalue weighted by Gasteiger charge is -2.26. The van der Waals surface area contributed by atoms with Crippen LogP contribution >= 0.6 is 11.8 Å². The zero-order chi connectivity index (χ0) is 23.2. The second-order valence-electron chi connectivity index (χ2n) is 8.39. The Morgan fingerprint density at radius 1 is 1.15 bits per heavy atom. The highest BCUT2D eigenvalue weighted by Crippen LogP contribution is 2.31. The largest absolute Gasteiger partial charge is 0.497 e. The molecule has 4 rings (SSSR count). The van der Waals surface area contributed by atoms with E-state index in [1.54, 1.807) is 23.8 Å². The van der Waals surface area contributed by atoms with Crippen LogP contribution in [0.15, 0.2) is 59.2 Å². The van der Waals surface area contributed by atoms with E-state index in [2.05, 4.69) is 30.9 Å². The highest BCUT2D eigenvalue weighted by Gasteiger charge is 2.32. The molecule has 2 aromatic carbocycles. The average Bonchev–Trinajstić information content (AvgIpc) is 3.14. The van der Waals surface area contributed by atoms with E-state index in [1.807, 2.05) is 42.5 Å². The van der Waals surface area contributed by atoms with Gasteiger partial charge in [0.15, 0.2) is 5.17 Å². The van der Waals surface area contributed by atoms with Crippen molar-refractivity contribution in [2.24, 2.45) is 4.99 Å². The van der Waals surface area contributed by atoms with Gasteiger partial charge in [0.2, 0.25) is 0 Å². The fourth-order valence-electron chi connectivity index (χ4n) is 3.80. The van der Waals surface area contributed by atoms with Crippen LogP contribution in [-0.2, 0) is 9.53 Å². The molecule has 7 heteroatoms. The van der Waals surface area contributed by atoms with Gasteiger partial charge in [-0.2, -0.15) is 0 Å². The van der Waals surface area contributed by atoms with E-state index < -0.39 is 0 Å². The van der Waals surface area contributed by atoms with Gasteiger partial charge in [-0.1, -0.05) is 55.9 Å². The van der Waals surface area contributed by atoms with Gasteiger partial charge in [0.25, 0.3) is 5.91 Å². The van der Waals surface area contributed by atoms with E-state index in [0.717, 1.165) is 49.9 Å². The maximum absolute atomic E-state index is 13.4. The first kappa shape index (κ1) is 23.5. The molecule has 1 amide bonds. The lowest BCUT2D eigenvalue weighted by molar-refractivity contribution is -0.113. The Labute approximate surface area is 200 Å². The summed E-state index contributed by atoms with van der Waals surface area (Å²) in [4.78, 5) is 22.3. The van der Waals surface area contributed by atoms with Gasteiger partial charge in [0, 0.05) is 31.5 Å². The normalized spacial score (nSPS) is 18.3. The number of amidine groups is 1. The third-order valence-electron chi connectivity index (χ3n) is 5.79. The van der Waals surface area contributed by atoms with Gasteiger partial charge in [0.1, 0.15) is 11.4 Å². The molecule has 0 spiro atoms. The third-order valence-corrected chi connectivity index (χ3v) is 6.71. The molecule has 2 heterocycles. The predicted octanol–water partition coefficient (Wildman–Crippen LogP) is 4.63. The summed E-state index contributed by atoms with van der Waals surface area (Å²) >= 11 is 1.61. The molecule has 1 fully saturated rings. The first-order valence-corrected chi connectivity index (χ1v) is 12.4. The lowest BCUT2D eigenvalue weighted by Crippen LogP contribution is -2.38. The Kier molecular flexibility index (Phi) is 7.85. The van der Waals surface area contributed by atoms with Gasteiger partial charge in [0.05, 0.1) is 26.0 Å². The van der Waals surface area contributed by atoms with Crippen LogP contribution in [0.5, 0.6) is 5.75 Å². The van der Waals surface area contributed by atoms with E-state index in [0.29, 0.717) is 22.5 Å². The highest BCUT2D eigenvalue weighted by molar-refractivity contribution is 8.14. The van der Waals surface area contributed by atoms with Crippen molar-refractivity contribution >= 4 is 34.6 Å². The standard InChI is InChI=1S/C26H31N3O3S/c1-19(2)21-9-7-20(8-10-21)17-24-25(30)29(22-5-4-6-23(18-22)31-3)26(27-24)33-16-13-28-11-14-32-15-12-28/h4-10,17-19H,11-16H2,1-3H3/b24-17-. The number of benzene rings is 2. The van der Waals surface area contributed by atoms with Crippen LogP contribution in [0.2, 0.25) is 0 Å². The summed E-state index contributed by atoms with van der Waals surface area (Å²) in [6.07, 6.45) is 1.87. The van der Waals surface area contributed by atoms with Crippen LogP contribution in [-0.4, -0.2) is 61.7 Å². The van der Waals surface area contributed by atoms with Crippen molar-refractivity contribution in [1.29, 1.82) is 0 Å². The summed E-state index contributed by atoms with van der Waals surface area (Å²) in [6.45, 7) is 8.73. The summed E-state index contributed by atoms with van der Waals surface area (Å²) in [5.41, 5.74) is 3.45. The number of anilines is 1. The van der Waals surface area contributed by atoms with Crippen molar-refractivity contribution in [1.82, 2.24) is 4.90 Å². The Bertz CT molecular complexity index is 1030. The van der Waals surface area contributed by atoms with E-state index >= 15 is 0 Å². The van der Waals surface area contributed by atoms with Crippen LogP contribution in [0.25, 0.3) is 6.08 Å². The zero-order valence-corrected chi connectivity index (χ0v) is 20.3. The molecule has 0 bridgehead atoms. The molecule has 2 aliphatic rings. The molecule has 0 N–H and O–H groups in total. The van der Waals surface area contributed by atoms with Crippen molar-refractivity contribution in [3.05, 3.63) is 65.4 Å². The molecule has 33 heavy (non-hydrogen) atoms. The predicted molar refractivity (Wildman–Crippen MR) is 136 cm³/mol. The van der Waals surface area contributed by atoms with Gasteiger partial charge < -0.3 is 9.47 Å². The van der Waals surface area contributed by atoms with E-state index in [9.17, 15) is 4.79 Å².